The summed E-state index contributed by atoms with van der Waals surface area (Å²) in [7, 11) is 0. The molecule has 0 fully saturated rings. The first-order chi connectivity index (χ1) is 11.6. The summed E-state index contributed by atoms with van der Waals surface area (Å²) in [6.07, 6.45) is 0.582. The van der Waals surface area contributed by atoms with Gasteiger partial charge < -0.3 is 10.1 Å². The van der Waals surface area contributed by atoms with Crippen LogP contribution in [-0.4, -0.2) is 18.6 Å². The third-order valence-electron chi connectivity index (χ3n) is 3.60. The Labute approximate surface area is 142 Å². The van der Waals surface area contributed by atoms with Gasteiger partial charge in [-0.1, -0.05) is 36.4 Å². The van der Waals surface area contributed by atoms with Crippen LogP contribution in [0, 0.1) is 6.92 Å². The van der Waals surface area contributed by atoms with Crippen molar-refractivity contribution in [2.75, 3.05) is 17.2 Å². The lowest BCUT2D eigenvalue weighted by Gasteiger charge is -2.13. The maximum absolute atomic E-state index is 12.2. The molecule has 5 heteroatoms. The molecule has 2 aromatic carbocycles. The topological polar surface area (TPSA) is 67.4 Å². The van der Waals surface area contributed by atoms with Crippen LogP contribution in [0.5, 0.6) is 0 Å². The van der Waals surface area contributed by atoms with Crippen molar-refractivity contribution in [2.24, 2.45) is 0 Å². The summed E-state index contributed by atoms with van der Waals surface area (Å²) >= 11 is 0. The predicted molar refractivity (Wildman–Crippen MR) is 95.2 cm³/mol. The molecule has 0 radical (unpaired) electrons. The smallest absolute Gasteiger partial charge is 0.411 e. The summed E-state index contributed by atoms with van der Waals surface area (Å²) in [6.45, 7) is 3.89. The molecule has 2 N–H and O–H groups in total. The van der Waals surface area contributed by atoms with Crippen LogP contribution in [0.2, 0.25) is 0 Å². The standard InChI is InChI=1S/C19H22N2O3/c1-3-24-19(23)21-17-11-7-10-16(14(17)2)20-18(22)13-12-15-8-5-4-6-9-15/h4-11H,3,12-13H2,1-2H3,(H,20,22)(H,21,23). The van der Waals surface area contributed by atoms with Crippen molar-refractivity contribution in [3.63, 3.8) is 0 Å². The van der Waals surface area contributed by atoms with E-state index in [1.165, 1.54) is 0 Å². The van der Waals surface area contributed by atoms with Crippen molar-refractivity contribution in [1.82, 2.24) is 0 Å². The maximum Gasteiger partial charge on any atom is 0.411 e. The van der Waals surface area contributed by atoms with E-state index in [2.05, 4.69) is 10.6 Å². The van der Waals surface area contributed by atoms with Crippen LogP contribution in [-0.2, 0) is 16.0 Å². The minimum Gasteiger partial charge on any atom is -0.450 e. The lowest BCUT2D eigenvalue weighted by molar-refractivity contribution is -0.116. The number of carbonyl (C=O) groups is 2. The van der Waals surface area contributed by atoms with Gasteiger partial charge in [0.05, 0.1) is 6.61 Å². The molecule has 24 heavy (non-hydrogen) atoms. The fraction of sp³-hybridized carbons (Fsp3) is 0.263. The molecule has 0 aliphatic rings. The van der Waals surface area contributed by atoms with Crippen LogP contribution in [0.4, 0.5) is 16.2 Å². The van der Waals surface area contributed by atoms with Crippen molar-refractivity contribution in [3.8, 4) is 0 Å². The third kappa shape index (κ3) is 5.12. The summed E-state index contributed by atoms with van der Waals surface area (Å²) in [5.74, 6) is -0.0600. The number of nitrogens with one attached hydrogen (secondary N) is 2. The molecule has 0 heterocycles. The third-order valence-corrected chi connectivity index (χ3v) is 3.60. The minimum atomic E-state index is -0.506. The first-order valence-corrected chi connectivity index (χ1v) is 7.97. The van der Waals surface area contributed by atoms with E-state index in [9.17, 15) is 9.59 Å². The second-order valence-electron chi connectivity index (χ2n) is 5.36. The number of anilines is 2. The zero-order chi connectivity index (χ0) is 17.4. The Bertz CT molecular complexity index is 699. The average molecular weight is 326 g/mol. The van der Waals surface area contributed by atoms with Gasteiger partial charge in [0.15, 0.2) is 0 Å². The Morgan fingerprint density at radius 1 is 0.958 bits per heavy atom. The Kier molecular flexibility index (Phi) is 6.37. The first kappa shape index (κ1) is 17.5. The van der Waals surface area contributed by atoms with E-state index in [1.807, 2.05) is 43.3 Å². The number of hydrogen-bond acceptors (Lipinski definition) is 3. The second kappa shape index (κ2) is 8.72. The van der Waals surface area contributed by atoms with E-state index in [0.717, 1.165) is 11.1 Å². The van der Waals surface area contributed by atoms with Crippen molar-refractivity contribution in [3.05, 3.63) is 59.7 Å². The van der Waals surface area contributed by atoms with Crippen molar-refractivity contribution >= 4 is 23.4 Å². The fourth-order valence-electron chi connectivity index (χ4n) is 2.30. The van der Waals surface area contributed by atoms with E-state index in [4.69, 9.17) is 4.74 Å². The van der Waals surface area contributed by atoms with Crippen LogP contribution in [0.1, 0.15) is 24.5 Å². The number of ether oxygens (including phenoxy) is 1. The quantitative estimate of drug-likeness (QED) is 0.838. The Balaban J connectivity index is 1.96. The van der Waals surface area contributed by atoms with Crippen LogP contribution < -0.4 is 10.6 Å². The molecule has 2 rings (SSSR count). The van der Waals surface area contributed by atoms with Gasteiger partial charge in [-0.3, -0.25) is 10.1 Å². The molecule has 0 saturated carbocycles. The fourth-order valence-corrected chi connectivity index (χ4v) is 2.30. The highest BCUT2D eigenvalue weighted by Gasteiger charge is 2.10. The van der Waals surface area contributed by atoms with Crippen LogP contribution in [0.25, 0.3) is 0 Å². The zero-order valence-corrected chi connectivity index (χ0v) is 14.0. The van der Waals surface area contributed by atoms with Gasteiger partial charge in [-0.15, -0.1) is 0 Å². The molecule has 0 saturated heterocycles. The molecule has 0 atom stereocenters. The molecule has 0 bridgehead atoms. The monoisotopic (exact) mass is 326 g/mol. The van der Waals surface area contributed by atoms with Gasteiger partial charge in [0.1, 0.15) is 0 Å². The Morgan fingerprint density at radius 3 is 2.29 bits per heavy atom. The molecule has 0 aliphatic carbocycles. The van der Waals surface area contributed by atoms with Crippen LogP contribution in [0.3, 0.4) is 0 Å². The normalized spacial score (nSPS) is 10.1. The maximum atomic E-state index is 12.2. The molecular weight excluding hydrogens is 304 g/mol. The summed E-state index contributed by atoms with van der Waals surface area (Å²) in [5.41, 5.74) is 3.22. The number of amides is 2. The minimum absolute atomic E-state index is 0.0600. The highest BCUT2D eigenvalue weighted by Crippen LogP contribution is 2.23. The summed E-state index contributed by atoms with van der Waals surface area (Å²) in [4.78, 5) is 23.7. The number of benzene rings is 2. The summed E-state index contributed by atoms with van der Waals surface area (Å²) in [6, 6.07) is 15.2. The lowest BCUT2D eigenvalue weighted by atomic mass is 10.1. The lowest BCUT2D eigenvalue weighted by Crippen LogP contribution is -2.16. The zero-order valence-electron chi connectivity index (χ0n) is 14.0. The van der Waals surface area contributed by atoms with Gasteiger partial charge in [0, 0.05) is 17.8 Å². The molecular formula is C19H22N2O3. The van der Waals surface area contributed by atoms with Gasteiger partial charge >= 0.3 is 6.09 Å². The summed E-state index contributed by atoms with van der Waals surface area (Å²) in [5, 5.41) is 5.57. The van der Waals surface area contributed by atoms with Gasteiger partial charge in [-0.25, -0.2) is 4.79 Å². The van der Waals surface area contributed by atoms with E-state index in [-0.39, 0.29) is 5.91 Å². The number of carbonyl (C=O) groups excluding carboxylic acids is 2. The molecule has 2 amide bonds. The van der Waals surface area contributed by atoms with E-state index < -0.39 is 6.09 Å². The van der Waals surface area contributed by atoms with E-state index in [0.29, 0.717) is 30.8 Å². The number of aryl methyl sites for hydroxylation is 1. The number of hydrogen-bond donors (Lipinski definition) is 2. The van der Waals surface area contributed by atoms with Crippen molar-refractivity contribution in [2.45, 2.75) is 26.7 Å². The van der Waals surface area contributed by atoms with Gasteiger partial charge in [0.2, 0.25) is 5.91 Å². The van der Waals surface area contributed by atoms with Crippen molar-refractivity contribution in [1.29, 1.82) is 0 Å². The van der Waals surface area contributed by atoms with Gasteiger partial charge in [-0.2, -0.15) is 0 Å². The average Bonchev–Trinajstić information content (AvgIpc) is 2.58. The highest BCUT2D eigenvalue weighted by molar-refractivity contribution is 5.94. The van der Waals surface area contributed by atoms with Crippen LogP contribution >= 0.6 is 0 Å². The second-order valence-corrected chi connectivity index (χ2v) is 5.36. The van der Waals surface area contributed by atoms with E-state index in [1.54, 1.807) is 19.1 Å². The molecule has 5 nitrogen and oxygen atoms in total. The highest BCUT2D eigenvalue weighted by atomic mass is 16.5. The Hall–Kier alpha value is -2.82. The molecule has 0 spiro atoms. The van der Waals surface area contributed by atoms with Gasteiger partial charge in [-0.05, 0) is 43.5 Å². The SMILES string of the molecule is CCOC(=O)Nc1cccc(NC(=O)CCc2ccccc2)c1C. The Morgan fingerprint density at radius 2 is 1.62 bits per heavy atom. The van der Waals surface area contributed by atoms with E-state index >= 15 is 0 Å². The molecule has 2 aromatic rings. The van der Waals surface area contributed by atoms with Crippen LogP contribution in [0.15, 0.2) is 48.5 Å². The number of rotatable bonds is 6. The van der Waals surface area contributed by atoms with Gasteiger partial charge in [0.25, 0.3) is 0 Å². The summed E-state index contributed by atoms with van der Waals surface area (Å²) < 4.78 is 4.87. The molecule has 0 aliphatic heterocycles. The largest absolute Gasteiger partial charge is 0.450 e. The molecule has 0 unspecified atom stereocenters. The first-order valence-electron chi connectivity index (χ1n) is 7.97. The molecule has 126 valence electrons. The van der Waals surface area contributed by atoms with Crippen molar-refractivity contribution < 1.29 is 14.3 Å². The predicted octanol–water partition coefficient (Wildman–Crippen LogP) is 4.13. The molecule has 0 aromatic heterocycles.